The highest BCUT2D eigenvalue weighted by molar-refractivity contribution is 14.0. The Morgan fingerprint density at radius 1 is 1.00 bits per heavy atom. The fraction of sp³-hybridized carbons (Fsp3) is 0.304. The Balaban J connectivity index is 0.00000320. The third-order valence-corrected chi connectivity index (χ3v) is 4.59. The quantitative estimate of drug-likeness (QED) is 0.256. The van der Waals surface area contributed by atoms with E-state index in [1.807, 2.05) is 29.1 Å². The molecule has 1 heterocycles. The molecule has 7 heteroatoms. The zero-order valence-electron chi connectivity index (χ0n) is 17.5. The van der Waals surface area contributed by atoms with Crippen LogP contribution in [-0.4, -0.2) is 42.5 Å². The van der Waals surface area contributed by atoms with Gasteiger partial charge in [-0.1, -0.05) is 24.3 Å². The van der Waals surface area contributed by atoms with Gasteiger partial charge in [0.05, 0.1) is 12.8 Å². The lowest BCUT2D eigenvalue weighted by Gasteiger charge is -2.11. The predicted molar refractivity (Wildman–Crippen MR) is 133 cm³/mol. The Morgan fingerprint density at radius 3 is 2.33 bits per heavy atom. The second kappa shape index (κ2) is 12.9. The van der Waals surface area contributed by atoms with E-state index < -0.39 is 0 Å². The monoisotopic (exact) mass is 519 g/mol. The number of nitrogens with zero attached hydrogens (tertiary/aromatic N) is 3. The van der Waals surface area contributed by atoms with Gasteiger partial charge in [-0.05, 0) is 61.2 Å². The van der Waals surface area contributed by atoms with Crippen molar-refractivity contribution in [2.75, 3.05) is 26.7 Å². The molecule has 0 unspecified atom stereocenters. The molecule has 0 saturated heterocycles. The van der Waals surface area contributed by atoms with Crippen molar-refractivity contribution in [3.8, 4) is 11.4 Å². The summed E-state index contributed by atoms with van der Waals surface area (Å²) in [7, 11) is 1.68. The third-order valence-electron chi connectivity index (χ3n) is 4.59. The summed E-state index contributed by atoms with van der Waals surface area (Å²) in [5.74, 6) is 1.74. The van der Waals surface area contributed by atoms with Gasteiger partial charge < -0.3 is 15.4 Å². The van der Waals surface area contributed by atoms with Gasteiger partial charge in [0.25, 0.3) is 0 Å². The molecule has 0 amide bonds. The molecule has 0 spiro atoms. The first-order chi connectivity index (χ1) is 14.3. The van der Waals surface area contributed by atoms with E-state index in [0.29, 0.717) is 0 Å². The van der Waals surface area contributed by atoms with Gasteiger partial charge in [-0.25, -0.2) is 4.68 Å². The average Bonchev–Trinajstić information content (AvgIpc) is 3.30. The van der Waals surface area contributed by atoms with Crippen LogP contribution in [0.5, 0.6) is 5.75 Å². The summed E-state index contributed by atoms with van der Waals surface area (Å²) in [6, 6.07) is 18.5. The second-order valence-corrected chi connectivity index (χ2v) is 6.65. The van der Waals surface area contributed by atoms with Crippen LogP contribution < -0.4 is 15.4 Å². The molecule has 160 valence electrons. The van der Waals surface area contributed by atoms with Gasteiger partial charge in [0.1, 0.15) is 5.75 Å². The van der Waals surface area contributed by atoms with E-state index >= 15 is 0 Å². The lowest BCUT2D eigenvalue weighted by atomic mass is 10.1. The van der Waals surface area contributed by atoms with E-state index in [1.165, 1.54) is 11.1 Å². The summed E-state index contributed by atoms with van der Waals surface area (Å²) in [6.07, 6.45) is 5.56. The highest BCUT2D eigenvalue weighted by Crippen LogP contribution is 2.11. The first kappa shape index (κ1) is 23.7. The molecular formula is C23H30IN5O. The number of aromatic nitrogens is 2. The normalized spacial score (nSPS) is 10.9. The number of nitrogens with one attached hydrogen (secondary N) is 2. The molecule has 2 aromatic carbocycles. The van der Waals surface area contributed by atoms with Crippen LogP contribution in [0.15, 0.2) is 72.0 Å². The molecule has 2 N–H and O–H groups in total. The molecule has 3 aromatic rings. The zero-order valence-corrected chi connectivity index (χ0v) is 19.9. The fourth-order valence-electron chi connectivity index (χ4n) is 2.99. The maximum Gasteiger partial charge on any atom is 0.191 e. The van der Waals surface area contributed by atoms with Gasteiger partial charge in [0.2, 0.25) is 0 Å². The molecule has 0 aliphatic heterocycles. The first-order valence-electron chi connectivity index (χ1n) is 10.0. The molecule has 0 bridgehead atoms. The Hall–Kier alpha value is -2.55. The molecule has 30 heavy (non-hydrogen) atoms. The molecule has 3 rings (SSSR count). The van der Waals surface area contributed by atoms with E-state index in [2.05, 4.69) is 59.1 Å². The Labute approximate surface area is 195 Å². The van der Waals surface area contributed by atoms with Crippen molar-refractivity contribution in [1.29, 1.82) is 0 Å². The summed E-state index contributed by atoms with van der Waals surface area (Å²) in [6.45, 7) is 4.48. The Morgan fingerprint density at radius 2 is 1.70 bits per heavy atom. The number of rotatable bonds is 9. The van der Waals surface area contributed by atoms with Crippen LogP contribution in [0, 0.1) is 0 Å². The van der Waals surface area contributed by atoms with Crippen molar-refractivity contribution < 1.29 is 4.74 Å². The maximum atomic E-state index is 5.20. The van der Waals surface area contributed by atoms with Gasteiger partial charge >= 0.3 is 0 Å². The van der Waals surface area contributed by atoms with Crippen molar-refractivity contribution in [3.63, 3.8) is 0 Å². The topological polar surface area (TPSA) is 63.5 Å². The molecule has 0 radical (unpaired) electrons. The predicted octanol–water partition coefficient (Wildman–Crippen LogP) is 3.84. The zero-order chi connectivity index (χ0) is 20.3. The summed E-state index contributed by atoms with van der Waals surface area (Å²) in [4.78, 5) is 4.70. The molecule has 0 saturated carbocycles. The number of guanidine groups is 1. The largest absolute Gasteiger partial charge is 0.497 e. The van der Waals surface area contributed by atoms with Crippen molar-refractivity contribution >= 4 is 29.9 Å². The standard InChI is InChI=1S/C23H29N5O.HI/c1-3-24-23(26-17-14-20-7-11-22(29-2)12-8-20)25-16-13-19-5-9-21(10-6-19)28-18-4-15-27-28;/h4-12,15,18H,3,13-14,16-17H2,1-2H3,(H2,24,25,26);1H. The van der Waals surface area contributed by atoms with E-state index in [0.717, 1.165) is 49.9 Å². The number of methoxy groups -OCH3 is 1. The van der Waals surface area contributed by atoms with E-state index in [-0.39, 0.29) is 24.0 Å². The van der Waals surface area contributed by atoms with Crippen LogP contribution in [0.1, 0.15) is 18.1 Å². The van der Waals surface area contributed by atoms with Gasteiger partial charge in [-0.15, -0.1) is 24.0 Å². The van der Waals surface area contributed by atoms with Gasteiger partial charge in [-0.3, -0.25) is 4.99 Å². The average molecular weight is 519 g/mol. The highest BCUT2D eigenvalue weighted by Gasteiger charge is 2.00. The minimum atomic E-state index is 0. The van der Waals surface area contributed by atoms with Crippen LogP contribution in [0.2, 0.25) is 0 Å². The lowest BCUT2D eigenvalue weighted by molar-refractivity contribution is 0.414. The Kier molecular flexibility index (Phi) is 10.2. The molecule has 1 aromatic heterocycles. The van der Waals surface area contributed by atoms with Crippen molar-refractivity contribution in [1.82, 2.24) is 20.4 Å². The van der Waals surface area contributed by atoms with Gasteiger partial charge in [-0.2, -0.15) is 5.10 Å². The summed E-state index contributed by atoms with van der Waals surface area (Å²) in [5, 5.41) is 11.0. The number of benzene rings is 2. The third kappa shape index (κ3) is 7.37. The molecule has 0 aliphatic rings. The molecular weight excluding hydrogens is 489 g/mol. The minimum Gasteiger partial charge on any atom is -0.497 e. The summed E-state index contributed by atoms with van der Waals surface area (Å²) in [5.41, 5.74) is 3.60. The van der Waals surface area contributed by atoms with Gasteiger partial charge in [0.15, 0.2) is 5.96 Å². The van der Waals surface area contributed by atoms with E-state index in [9.17, 15) is 0 Å². The summed E-state index contributed by atoms with van der Waals surface area (Å²) >= 11 is 0. The lowest BCUT2D eigenvalue weighted by Crippen LogP contribution is -2.38. The number of ether oxygens (including phenoxy) is 1. The van der Waals surface area contributed by atoms with E-state index in [4.69, 9.17) is 9.73 Å². The number of halogens is 1. The Bertz CT molecular complexity index is 877. The number of aliphatic imine (C=N–C) groups is 1. The smallest absolute Gasteiger partial charge is 0.191 e. The first-order valence-corrected chi connectivity index (χ1v) is 10.0. The molecule has 6 nitrogen and oxygen atoms in total. The van der Waals surface area contributed by atoms with Crippen LogP contribution >= 0.6 is 24.0 Å². The van der Waals surface area contributed by atoms with Crippen molar-refractivity contribution in [2.45, 2.75) is 19.8 Å². The van der Waals surface area contributed by atoms with E-state index in [1.54, 1.807) is 13.3 Å². The van der Waals surface area contributed by atoms with Crippen molar-refractivity contribution in [2.24, 2.45) is 4.99 Å². The molecule has 0 fully saturated rings. The molecule has 0 aliphatic carbocycles. The fourth-order valence-corrected chi connectivity index (χ4v) is 2.99. The summed E-state index contributed by atoms with van der Waals surface area (Å²) < 4.78 is 7.06. The van der Waals surface area contributed by atoms with Crippen LogP contribution in [0.3, 0.4) is 0 Å². The number of hydrogen-bond acceptors (Lipinski definition) is 3. The van der Waals surface area contributed by atoms with Crippen LogP contribution in [-0.2, 0) is 12.8 Å². The van der Waals surface area contributed by atoms with Crippen molar-refractivity contribution in [3.05, 3.63) is 78.1 Å². The second-order valence-electron chi connectivity index (χ2n) is 6.65. The van der Waals surface area contributed by atoms with Crippen LogP contribution in [0.4, 0.5) is 0 Å². The number of hydrogen-bond donors (Lipinski definition) is 2. The molecule has 0 atom stereocenters. The SMILES string of the molecule is CCNC(=NCCc1ccc(-n2cccn2)cc1)NCCc1ccc(OC)cc1.I. The van der Waals surface area contributed by atoms with Crippen LogP contribution in [0.25, 0.3) is 5.69 Å². The van der Waals surface area contributed by atoms with Gasteiger partial charge in [0, 0.05) is 32.0 Å². The highest BCUT2D eigenvalue weighted by atomic mass is 127. The minimum absolute atomic E-state index is 0. The maximum absolute atomic E-state index is 5.20.